The van der Waals surface area contributed by atoms with Crippen LogP contribution in [0.5, 0.6) is 0 Å². The zero-order valence-corrected chi connectivity index (χ0v) is 8.98. The molecule has 0 fully saturated rings. The molecule has 0 radical (unpaired) electrons. The molecular formula is C11H10N4O. The minimum Gasteiger partial charge on any atom is -0.440 e. The summed E-state index contributed by atoms with van der Waals surface area (Å²) >= 11 is 0. The van der Waals surface area contributed by atoms with Gasteiger partial charge < -0.3 is 9.40 Å². The topological polar surface area (TPSA) is 67.6 Å². The predicted octanol–water partition coefficient (Wildman–Crippen LogP) is 2.23. The maximum atomic E-state index is 5.29. The Bertz CT molecular complexity index is 653. The first-order chi connectivity index (χ1) is 7.75. The van der Waals surface area contributed by atoms with E-state index in [1.54, 1.807) is 6.20 Å². The second-order valence-corrected chi connectivity index (χ2v) is 3.68. The van der Waals surface area contributed by atoms with Crippen LogP contribution in [-0.4, -0.2) is 19.9 Å². The lowest BCUT2D eigenvalue weighted by molar-refractivity contribution is 0.567. The van der Waals surface area contributed by atoms with Gasteiger partial charge in [0.25, 0.3) is 0 Å². The van der Waals surface area contributed by atoms with Crippen LogP contribution in [0.2, 0.25) is 0 Å². The van der Waals surface area contributed by atoms with Gasteiger partial charge in [-0.2, -0.15) is 0 Å². The van der Waals surface area contributed by atoms with Crippen LogP contribution in [0, 0.1) is 13.8 Å². The van der Waals surface area contributed by atoms with Crippen LogP contribution in [0.25, 0.3) is 22.7 Å². The van der Waals surface area contributed by atoms with Crippen molar-refractivity contribution in [3.05, 3.63) is 29.9 Å². The maximum absolute atomic E-state index is 5.29. The monoisotopic (exact) mass is 214 g/mol. The van der Waals surface area contributed by atoms with Gasteiger partial charge >= 0.3 is 0 Å². The van der Waals surface area contributed by atoms with E-state index in [1.165, 1.54) is 6.39 Å². The summed E-state index contributed by atoms with van der Waals surface area (Å²) in [6.07, 6.45) is 3.16. The molecule has 16 heavy (non-hydrogen) atoms. The van der Waals surface area contributed by atoms with Crippen molar-refractivity contribution in [2.24, 2.45) is 0 Å². The van der Waals surface area contributed by atoms with Gasteiger partial charge in [0.15, 0.2) is 23.6 Å². The lowest BCUT2D eigenvalue weighted by Gasteiger charge is -1.91. The van der Waals surface area contributed by atoms with E-state index < -0.39 is 0 Å². The van der Waals surface area contributed by atoms with E-state index in [1.807, 2.05) is 19.9 Å². The number of nitrogens with one attached hydrogen (secondary N) is 1. The summed E-state index contributed by atoms with van der Waals surface area (Å²) in [5.41, 5.74) is 3.57. The molecule has 3 rings (SSSR count). The maximum Gasteiger partial charge on any atom is 0.192 e. The van der Waals surface area contributed by atoms with Crippen LogP contribution in [0.3, 0.4) is 0 Å². The summed E-state index contributed by atoms with van der Waals surface area (Å²) in [7, 11) is 0. The Morgan fingerprint density at radius 3 is 2.81 bits per heavy atom. The number of hydrogen-bond donors (Lipinski definition) is 1. The van der Waals surface area contributed by atoms with E-state index in [9.17, 15) is 0 Å². The highest BCUT2D eigenvalue weighted by molar-refractivity contribution is 5.77. The molecule has 5 nitrogen and oxygen atoms in total. The number of aryl methyl sites for hydroxylation is 2. The van der Waals surface area contributed by atoms with Crippen LogP contribution in [0.4, 0.5) is 0 Å². The molecule has 80 valence electrons. The number of fused-ring (bicyclic) bond motifs is 1. The molecule has 5 heteroatoms. The molecule has 0 saturated heterocycles. The van der Waals surface area contributed by atoms with Crippen LogP contribution in [-0.2, 0) is 0 Å². The molecule has 0 bridgehead atoms. The van der Waals surface area contributed by atoms with Crippen LogP contribution in [0.15, 0.2) is 23.1 Å². The van der Waals surface area contributed by atoms with E-state index in [-0.39, 0.29) is 0 Å². The zero-order chi connectivity index (χ0) is 11.1. The van der Waals surface area contributed by atoms with Gasteiger partial charge in [0.1, 0.15) is 0 Å². The number of aromatic nitrogens is 4. The normalized spacial score (nSPS) is 11.1. The molecule has 0 amide bonds. The first kappa shape index (κ1) is 9.08. The molecular weight excluding hydrogens is 204 g/mol. The minimum atomic E-state index is 0.664. The zero-order valence-electron chi connectivity index (χ0n) is 8.98. The first-order valence-electron chi connectivity index (χ1n) is 4.97. The fourth-order valence-corrected chi connectivity index (χ4v) is 1.67. The van der Waals surface area contributed by atoms with Gasteiger partial charge in [0, 0.05) is 6.20 Å². The van der Waals surface area contributed by atoms with Gasteiger partial charge in [-0.15, -0.1) is 0 Å². The number of rotatable bonds is 1. The summed E-state index contributed by atoms with van der Waals surface area (Å²) in [4.78, 5) is 15.8. The van der Waals surface area contributed by atoms with Gasteiger partial charge in [0.05, 0.1) is 11.2 Å². The smallest absolute Gasteiger partial charge is 0.192 e. The molecule has 3 aromatic heterocycles. The number of imidazole rings is 1. The van der Waals surface area contributed by atoms with Crippen molar-refractivity contribution < 1.29 is 4.42 Å². The fourth-order valence-electron chi connectivity index (χ4n) is 1.67. The molecule has 0 spiro atoms. The third-order valence-corrected chi connectivity index (χ3v) is 2.56. The summed E-state index contributed by atoms with van der Waals surface area (Å²) in [6, 6.07) is 1.94. The Morgan fingerprint density at radius 1 is 1.25 bits per heavy atom. The number of oxazole rings is 1. The van der Waals surface area contributed by atoms with Gasteiger partial charge in [0.2, 0.25) is 0 Å². The summed E-state index contributed by atoms with van der Waals surface area (Å²) in [5, 5.41) is 0. The molecule has 1 N–H and O–H groups in total. The van der Waals surface area contributed by atoms with Crippen molar-refractivity contribution in [1.82, 2.24) is 19.9 Å². The molecule has 3 heterocycles. The molecule has 3 aromatic rings. The second-order valence-electron chi connectivity index (χ2n) is 3.68. The number of pyridine rings is 1. The average Bonchev–Trinajstić information content (AvgIpc) is 2.84. The largest absolute Gasteiger partial charge is 0.440 e. The summed E-state index contributed by atoms with van der Waals surface area (Å²) in [5.74, 6) is 1.34. The van der Waals surface area contributed by atoms with Gasteiger partial charge in [-0.1, -0.05) is 0 Å². The minimum absolute atomic E-state index is 0.664. The summed E-state index contributed by atoms with van der Waals surface area (Å²) in [6.45, 7) is 3.89. The van der Waals surface area contributed by atoms with Crippen molar-refractivity contribution >= 4 is 11.2 Å². The third-order valence-electron chi connectivity index (χ3n) is 2.56. The Balaban J connectivity index is 2.27. The van der Waals surface area contributed by atoms with Crippen LogP contribution < -0.4 is 0 Å². The standard InChI is InChI=1S/C11H10N4O/c1-6-3-4-12-10-8(6)14-11(15-10)9-7(2)13-5-16-9/h3-5H,1-2H3,(H,12,14,15). The number of nitrogens with zero attached hydrogens (tertiary/aromatic N) is 3. The van der Waals surface area contributed by atoms with Crippen LogP contribution >= 0.6 is 0 Å². The molecule has 0 aliphatic rings. The highest BCUT2D eigenvalue weighted by Crippen LogP contribution is 2.22. The first-order valence-corrected chi connectivity index (χ1v) is 4.97. The van der Waals surface area contributed by atoms with E-state index >= 15 is 0 Å². The SMILES string of the molecule is Cc1ncoc1-c1nc2nccc(C)c2[nH]1. The fraction of sp³-hybridized carbons (Fsp3) is 0.182. The van der Waals surface area contributed by atoms with Gasteiger partial charge in [-0.05, 0) is 25.5 Å². The average molecular weight is 214 g/mol. The van der Waals surface area contributed by atoms with Crippen molar-refractivity contribution in [1.29, 1.82) is 0 Å². The van der Waals surface area contributed by atoms with Crippen LogP contribution in [0.1, 0.15) is 11.3 Å². The molecule has 0 aromatic carbocycles. The highest BCUT2D eigenvalue weighted by Gasteiger charge is 2.13. The second kappa shape index (κ2) is 3.16. The number of aromatic amines is 1. The molecule has 0 atom stereocenters. The quantitative estimate of drug-likeness (QED) is 0.674. The molecule has 0 aliphatic carbocycles. The third kappa shape index (κ3) is 1.21. The molecule has 0 saturated carbocycles. The lowest BCUT2D eigenvalue weighted by Crippen LogP contribution is -1.80. The lowest BCUT2D eigenvalue weighted by atomic mass is 10.3. The molecule has 0 aliphatic heterocycles. The Morgan fingerprint density at radius 2 is 2.12 bits per heavy atom. The van der Waals surface area contributed by atoms with Crippen molar-refractivity contribution in [3.63, 3.8) is 0 Å². The van der Waals surface area contributed by atoms with Crippen molar-refractivity contribution in [2.45, 2.75) is 13.8 Å². The Kier molecular flexibility index (Phi) is 1.80. The van der Waals surface area contributed by atoms with Gasteiger partial charge in [-0.25, -0.2) is 15.0 Å². The van der Waals surface area contributed by atoms with Crippen molar-refractivity contribution in [2.75, 3.05) is 0 Å². The Labute approximate surface area is 91.6 Å². The Hall–Kier alpha value is -2.17. The van der Waals surface area contributed by atoms with E-state index in [0.29, 0.717) is 17.2 Å². The molecule has 0 unspecified atom stereocenters. The number of hydrogen-bond acceptors (Lipinski definition) is 4. The summed E-state index contributed by atoms with van der Waals surface area (Å²) < 4.78 is 5.29. The van der Waals surface area contributed by atoms with Crippen molar-refractivity contribution in [3.8, 4) is 11.6 Å². The van der Waals surface area contributed by atoms with E-state index in [0.717, 1.165) is 16.8 Å². The number of H-pyrrole nitrogens is 1. The van der Waals surface area contributed by atoms with E-state index in [2.05, 4.69) is 19.9 Å². The van der Waals surface area contributed by atoms with E-state index in [4.69, 9.17) is 4.42 Å². The van der Waals surface area contributed by atoms with Gasteiger partial charge in [-0.3, -0.25) is 0 Å². The highest BCUT2D eigenvalue weighted by atomic mass is 16.3. The predicted molar refractivity (Wildman–Crippen MR) is 58.9 cm³/mol.